The van der Waals surface area contributed by atoms with Gasteiger partial charge in [-0.2, -0.15) is 13.2 Å². The Morgan fingerprint density at radius 2 is 2.21 bits per heavy atom. The largest absolute Gasteiger partial charge is 0.391 e. The summed E-state index contributed by atoms with van der Waals surface area (Å²) in [6.45, 7) is 0.0538. The molecule has 1 saturated carbocycles. The van der Waals surface area contributed by atoms with Gasteiger partial charge < -0.3 is 10.4 Å². The fourth-order valence-electron chi connectivity index (χ4n) is 2.43. The molecule has 1 aromatic heterocycles. The number of hydrogen-bond donors (Lipinski definition) is 2. The normalized spacial score (nSPS) is 28.1. The third-order valence-corrected chi connectivity index (χ3v) is 3.45. The zero-order valence-corrected chi connectivity index (χ0v) is 10.3. The van der Waals surface area contributed by atoms with E-state index in [9.17, 15) is 18.3 Å². The van der Waals surface area contributed by atoms with Gasteiger partial charge >= 0.3 is 6.18 Å². The van der Waals surface area contributed by atoms with E-state index in [-0.39, 0.29) is 19.4 Å². The Kier molecular flexibility index (Phi) is 3.93. The van der Waals surface area contributed by atoms with Gasteiger partial charge in [-0.1, -0.05) is 0 Å². The summed E-state index contributed by atoms with van der Waals surface area (Å²) in [6, 6.07) is 0. The number of alkyl halides is 3. The topological polar surface area (TPSA) is 58.0 Å². The summed E-state index contributed by atoms with van der Waals surface area (Å²) in [5.74, 6) is -0.972. The van der Waals surface area contributed by atoms with Gasteiger partial charge in [-0.05, 0) is 25.7 Å². The first kappa shape index (κ1) is 14.0. The van der Waals surface area contributed by atoms with Gasteiger partial charge in [0, 0.05) is 18.9 Å². The Morgan fingerprint density at radius 1 is 1.42 bits per heavy atom. The van der Waals surface area contributed by atoms with Crippen LogP contribution < -0.4 is 5.32 Å². The van der Waals surface area contributed by atoms with Crippen LogP contribution in [0, 0.1) is 5.92 Å². The Balaban J connectivity index is 1.95. The van der Waals surface area contributed by atoms with Crippen molar-refractivity contribution in [3.8, 4) is 0 Å². The highest BCUT2D eigenvalue weighted by molar-refractivity contribution is 5.30. The zero-order chi connectivity index (χ0) is 13.9. The molecule has 1 heterocycles. The molecule has 19 heavy (non-hydrogen) atoms. The van der Waals surface area contributed by atoms with Gasteiger partial charge in [-0.25, -0.2) is 4.98 Å². The molecule has 2 unspecified atom stereocenters. The average molecular weight is 275 g/mol. The molecule has 106 valence electrons. The highest BCUT2D eigenvalue weighted by atomic mass is 19.4. The lowest BCUT2D eigenvalue weighted by Gasteiger charge is -2.37. The molecule has 2 rings (SSSR count). The van der Waals surface area contributed by atoms with Crippen molar-refractivity contribution >= 4 is 5.82 Å². The van der Waals surface area contributed by atoms with Crippen LogP contribution in [-0.2, 0) is 0 Å². The number of aliphatic hydroxyl groups is 1. The highest BCUT2D eigenvalue weighted by Gasteiger charge is 2.46. The SMILES string of the molecule is OC1(CNc2cnccn2)CCCC(C(F)(F)F)C1. The molecule has 0 bridgehead atoms. The van der Waals surface area contributed by atoms with Crippen molar-refractivity contribution in [2.45, 2.75) is 37.5 Å². The minimum absolute atomic E-state index is 0.0538. The summed E-state index contributed by atoms with van der Waals surface area (Å²) in [6.07, 6.45) is 0.788. The van der Waals surface area contributed by atoms with E-state index in [2.05, 4.69) is 15.3 Å². The molecule has 0 aliphatic heterocycles. The van der Waals surface area contributed by atoms with E-state index < -0.39 is 17.7 Å². The predicted octanol–water partition coefficient (Wildman–Crippen LogP) is 2.37. The predicted molar refractivity (Wildman–Crippen MR) is 63.5 cm³/mol. The van der Waals surface area contributed by atoms with Crippen LogP contribution in [0.2, 0.25) is 0 Å². The third-order valence-electron chi connectivity index (χ3n) is 3.45. The lowest BCUT2D eigenvalue weighted by Crippen LogP contribution is -2.45. The second-order valence-electron chi connectivity index (χ2n) is 5.00. The van der Waals surface area contributed by atoms with Crippen LogP contribution in [0.5, 0.6) is 0 Å². The molecular weight excluding hydrogens is 259 g/mol. The molecule has 0 spiro atoms. The van der Waals surface area contributed by atoms with Crippen LogP contribution in [-0.4, -0.2) is 33.4 Å². The fourth-order valence-corrected chi connectivity index (χ4v) is 2.43. The molecule has 0 aromatic carbocycles. The number of anilines is 1. The first-order valence-corrected chi connectivity index (χ1v) is 6.18. The van der Waals surface area contributed by atoms with Crippen molar-refractivity contribution in [1.82, 2.24) is 9.97 Å². The summed E-state index contributed by atoms with van der Waals surface area (Å²) in [4.78, 5) is 7.79. The third kappa shape index (κ3) is 3.79. The maximum Gasteiger partial charge on any atom is 0.391 e. The van der Waals surface area contributed by atoms with Gasteiger partial charge in [0.05, 0.1) is 17.7 Å². The number of hydrogen-bond acceptors (Lipinski definition) is 4. The number of rotatable bonds is 3. The first-order valence-electron chi connectivity index (χ1n) is 6.18. The maximum atomic E-state index is 12.7. The average Bonchev–Trinajstić information content (AvgIpc) is 2.37. The standard InChI is InChI=1S/C12H16F3N3O/c13-12(14,15)9-2-1-3-11(19,6-9)8-18-10-7-16-4-5-17-10/h4-5,7,9,19H,1-3,6,8H2,(H,17,18). The second kappa shape index (κ2) is 5.32. The van der Waals surface area contributed by atoms with Crippen LogP contribution in [0.15, 0.2) is 18.6 Å². The zero-order valence-electron chi connectivity index (χ0n) is 10.3. The van der Waals surface area contributed by atoms with E-state index in [1.807, 2.05) is 0 Å². The molecule has 1 aliphatic rings. The molecule has 0 saturated heterocycles. The van der Waals surface area contributed by atoms with Crippen molar-refractivity contribution in [3.63, 3.8) is 0 Å². The fraction of sp³-hybridized carbons (Fsp3) is 0.667. The van der Waals surface area contributed by atoms with E-state index in [0.717, 1.165) is 0 Å². The summed E-state index contributed by atoms with van der Waals surface area (Å²) >= 11 is 0. The van der Waals surface area contributed by atoms with E-state index >= 15 is 0 Å². The highest BCUT2D eigenvalue weighted by Crippen LogP contribution is 2.41. The van der Waals surface area contributed by atoms with Crippen molar-refractivity contribution in [2.24, 2.45) is 5.92 Å². The van der Waals surface area contributed by atoms with Crippen LogP contribution in [0.3, 0.4) is 0 Å². The number of nitrogens with zero attached hydrogens (tertiary/aromatic N) is 2. The van der Waals surface area contributed by atoms with Crippen molar-refractivity contribution < 1.29 is 18.3 Å². The Hall–Kier alpha value is -1.37. The molecule has 1 fully saturated rings. The summed E-state index contributed by atoms with van der Waals surface area (Å²) < 4.78 is 38.1. The van der Waals surface area contributed by atoms with Crippen molar-refractivity contribution in [1.29, 1.82) is 0 Å². The van der Waals surface area contributed by atoms with Gasteiger partial charge in [-0.3, -0.25) is 4.98 Å². The number of nitrogens with one attached hydrogen (secondary N) is 1. The van der Waals surface area contributed by atoms with E-state index in [4.69, 9.17) is 0 Å². The minimum atomic E-state index is -4.24. The minimum Gasteiger partial charge on any atom is -0.388 e. The lowest BCUT2D eigenvalue weighted by atomic mass is 9.77. The van der Waals surface area contributed by atoms with E-state index in [1.165, 1.54) is 18.6 Å². The Bertz CT molecular complexity index is 412. The smallest absolute Gasteiger partial charge is 0.388 e. The maximum absolute atomic E-state index is 12.7. The van der Waals surface area contributed by atoms with Crippen LogP contribution in [0.1, 0.15) is 25.7 Å². The van der Waals surface area contributed by atoms with Crippen LogP contribution in [0.25, 0.3) is 0 Å². The monoisotopic (exact) mass is 275 g/mol. The lowest BCUT2D eigenvalue weighted by molar-refractivity contribution is -0.199. The molecule has 4 nitrogen and oxygen atoms in total. The molecule has 2 N–H and O–H groups in total. The molecule has 0 radical (unpaired) electrons. The molecule has 1 aromatic rings. The quantitative estimate of drug-likeness (QED) is 0.889. The molecular formula is C12H16F3N3O. The van der Waals surface area contributed by atoms with Crippen LogP contribution >= 0.6 is 0 Å². The molecule has 1 aliphatic carbocycles. The second-order valence-corrected chi connectivity index (χ2v) is 5.00. The number of halogens is 3. The van der Waals surface area contributed by atoms with E-state index in [1.54, 1.807) is 0 Å². The van der Waals surface area contributed by atoms with Gasteiger partial charge in [-0.15, -0.1) is 0 Å². The van der Waals surface area contributed by atoms with Gasteiger partial charge in [0.1, 0.15) is 5.82 Å². The van der Waals surface area contributed by atoms with Gasteiger partial charge in [0.15, 0.2) is 0 Å². The van der Waals surface area contributed by atoms with Crippen LogP contribution in [0.4, 0.5) is 19.0 Å². The summed E-state index contributed by atoms with van der Waals surface area (Å²) in [5, 5.41) is 13.1. The van der Waals surface area contributed by atoms with Crippen molar-refractivity contribution in [3.05, 3.63) is 18.6 Å². The Morgan fingerprint density at radius 3 is 2.84 bits per heavy atom. The van der Waals surface area contributed by atoms with Crippen molar-refractivity contribution in [2.75, 3.05) is 11.9 Å². The molecule has 2 atom stereocenters. The summed E-state index contributed by atoms with van der Waals surface area (Å²) in [5.41, 5.74) is -1.34. The first-order chi connectivity index (χ1) is 8.89. The molecule has 7 heteroatoms. The Labute approximate surface area is 109 Å². The molecule has 0 amide bonds. The van der Waals surface area contributed by atoms with Gasteiger partial charge in [0.25, 0.3) is 0 Å². The van der Waals surface area contributed by atoms with Gasteiger partial charge in [0.2, 0.25) is 0 Å². The number of aromatic nitrogens is 2. The van der Waals surface area contributed by atoms with E-state index in [0.29, 0.717) is 18.7 Å². The summed E-state index contributed by atoms with van der Waals surface area (Å²) in [7, 11) is 0.